The molecule has 1 saturated heterocycles. The second-order valence-corrected chi connectivity index (χ2v) is 6.90. The molecule has 1 atom stereocenters. The number of rotatable bonds is 3. The van der Waals surface area contributed by atoms with E-state index >= 15 is 0 Å². The van der Waals surface area contributed by atoms with Crippen molar-refractivity contribution in [3.8, 4) is 0 Å². The summed E-state index contributed by atoms with van der Waals surface area (Å²) in [6, 6.07) is 6.79. The van der Waals surface area contributed by atoms with Crippen LogP contribution in [-0.4, -0.2) is 33.4 Å². The minimum absolute atomic E-state index is 0.0291. The van der Waals surface area contributed by atoms with Crippen molar-refractivity contribution in [3.63, 3.8) is 0 Å². The van der Waals surface area contributed by atoms with Gasteiger partial charge in [0.25, 0.3) is 5.56 Å². The molecule has 1 amide bonds. The Hall–Kier alpha value is -2.17. The summed E-state index contributed by atoms with van der Waals surface area (Å²) in [7, 11) is 0. The number of likely N-dealkylation sites (tertiary alicyclic amines) is 1. The minimum atomic E-state index is -0.493. The molecule has 1 aromatic carbocycles. The Bertz CT molecular complexity index is 774. The van der Waals surface area contributed by atoms with Crippen LogP contribution in [0.3, 0.4) is 0 Å². The molecule has 1 aliphatic rings. The fraction of sp³-hybridized carbons (Fsp3) is 0.526. The van der Waals surface area contributed by atoms with Gasteiger partial charge in [-0.3, -0.25) is 14.2 Å². The van der Waals surface area contributed by atoms with E-state index in [4.69, 9.17) is 0 Å². The SMILES string of the molecule is CC(C)[C@@H](C(=O)N1CCCCCC1)n1cnc2ccccc2c1=O. The van der Waals surface area contributed by atoms with Crippen molar-refractivity contribution in [2.24, 2.45) is 5.92 Å². The average Bonchev–Trinajstić information content (AvgIpc) is 2.86. The van der Waals surface area contributed by atoms with E-state index in [2.05, 4.69) is 4.98 Å². The van der Waals surface area contributed by atoms with Gasteiger partial charge < -0.3 is 4.90 Å². The first-order chi connectivity index (χ1) is 11.6. The van der Waals surface area contributed by atoms with Gasteiger partial charge >= 0.3 is 0 Å². The normalized spacial score (nSPS) is 17.0. The number of carbonyl (C=O) groups is 1. The van der Waals surface area contributed by atoms with Crippen molar-refractivity contribution in [1.82, 2.24) is 14.5 Å². The van der Waals surface area contributed by atoms with Crippen LogP contribution < -0.4 is 5.56 Å². The van der Waals surface area contributed by atoms with E-state index in [0.717, 1.165) is 25.9 Å². The third-order valence-corrected chi connectivity index (χ3v) is 4.79. The van der Waals surface area contributed by atoms with E-state index in [1.54, 1.807) is 6.07 Å². The van der Waals surface area contributed by atoms with Crippen LogP contribution in [0.1, 0.15) is 45.6 Å². The summed E-state index contributed by atoms with van der Waals surface area (Å²) in [5.41, 5.74) is 0.533. The molecule has 24 heavy (non-hydrogen) atoms. The van der Waals surface area contributed by atoms with Crippen LogP contribution in [0.15, 0.2) is 35.4 Å². The lowest BCUT2D eigenvalue weighted by Crippen LogP contribution is -2.43. The molecule has 3 rings (SSSR count). The second kappa shape index (κ2) is 7.16. The maximum absolute atomic E-state index is 13.1. The average molecular weight is 327 g/mol. The number of nitrogens with zero attached hydrogens (tertiary/aromatic N) is 3. The van der Waals surface area contributed by atoms with E-state index in [-0.39, 0.29) is 17.4 Å². The number of aromatic nitrogens is 2. The van der Waals surface area contributed by atoms with Gasteiger partial charge in [-0.15, -0.1) is 0 Å². The summed E-state index contributed by atoms with van der Waals surface area (Å²) in [5, 5.41) is 0.564. The summed E-state index contributed by atoms with van der Waals surface area (Å²) < 4.78 is 1.53. The molecule has 0 saturated carbocycles. The lowest BCUT2D eigenvalue weighted by atomic mass is 10.0. The minimum Gasteiger partial charge on any atom is -0.341 e. The number of amides is 1. The van der Waals surface area contributed by atoms with E-state index in [1.165, 1.54) is 23.7 Å². The molecule has 2 heterocycles. The molecule has 0 N–H and O–H groups in total. The van der Waals surface area contributed by atoms with Crippen LogP contribution in [-0.2, 0) is 4.79 Å². The highest BCUT2D eigenvalue weighted by Crippen LogP contribution is 2.22. The molecule has 0 spiro atoms. The zero-order valence-electron chi connectivity index (χ0n) is 14.4. The Morgan fingerprint density at radius 3 is 2.42 bits per heavy atom. The zero-order valence-corrected chi connectivity index (χ0v) is 14.4. The molecule has 0 aliphatic carbocycles. The second-order valence-electron chi connectivity index (χ2n) is 6.90. The Morgan fingerprint density at radius 1 is 1.08 bits per heavy atom. The van der Waals surface area contributed by atoms with Crippen LogP contribution in [0, 0.1) is 5.92 Å². The van der Waals surface area contributed by atoms with E-state index in [9.17, 15) is 9.59 Å². The Morgan fingerprint density at radius 2 is 1.75 bits per heavy atom. The number of para-hydroxylation sites is 1. The largest absolute Gasteiger partial charge is 0.341 e. The van der Waals surface area contributed by atoms with Crippen LogP contribution in [0.25, 0.3) is 10.9 Å². The summed E-state index contributed by atoms with van der Waals surface area (Å²) in [6.07, 6.45) is 5.97. The van der Waals surface area contributed by atoms with Crippen LogP contribution in [0.2, 0.25) is 0 Å². The maximum atomic E-state index is 13.1. The molecule has 128 valence electrons. The lowest BCUT2D eigenvalue weighted by Gasteiger charge is -2.29. The highest BCUT2D eigenvalue weighted by molar-refractivity contribution is 5.82. The molecule has 1 fully saturated rings. The van der Waals surface area contributed by atoms with Gasteiger partial charge in [-0.25, -0.2) is 4.98 Å². The monoisotopic (exact) mass is 327 g/mol. The number of benzene rings is 1. The van der Waals surface area contributed by atoms with Gasteiger partial charge in [-0.1, -0.05) is 38.8 Å². The quantitative estimate of drug-likeness (QED) is 0.871. The zero-order chi connectivity index (χ0) is 17.1. The van der Waals surface area contributed by atoms with E-state index in [1.807, 2.05) is 36.9 Å². The molecular weight excluding hydrogens is 302 g/mol. The fourth-order valence-corrected chi connectivity index (χ4v) is 3.48. The highest BCUT2D eigenvalue weighted by atomic mass is 16.2. The molecule has 5 heteroatoms. The smallest absolute Gasteiger partial charge is 0.261 e. The predicted molar refractivity (Wildman–Crippen MR) is 94.9 cm³/mol. The summed E-state index contributed by atoms with van der Waals surface area (Å²) >= 11 is 0. The van der Waals surface area contributed by atoms with Gasteiger partial charge in [0.15, 0.2) is 0 Å². The standard InChI is InChI=1S/C19H25N3O2/c1-14(2)17(19(24)21-11-7-3-4-8-12-21)22-13-20-16-10-6-5-9-15(16)18(22)23/h5-6,9-10,13-14,17H,3-4,7-8,11-12H2,1-2H3/t17-/m0/s1. The van der Waals surface area contributed by atoms with Gasteiger partial charge in [0.1, 0.15) is 6.04 Å². The van der Waals surface area contributed by atoms with Crippen molar-refractivity contribution in [2.45, 2.75) is 45.6 Å². The van der Waals surface area contributed by atoms with Gasteiger partial charge in [0.05, 0.1) is 17.2 Å². The molecule has 2 aromatic rings. The van der Waals surface area contributed by atoms with Crippen molar-refractivity contribution in [1.29, 1.82) is 0 Å². The Labute approximate surface area is 142 Å². The summed E-state index contributed by atoms with van der Waals surface area (Å²) in [5.74, 6) is 0.0764. The number of hydrogen-bond acceptors (Lipinski definition) is 3. The molecule has 0 bridgehead atoms. The van der Waals surface area contributed by atoms with Crippen LogP contribution in [0.5, 0.6) is 0 Å². The Balaban J connectivity index is 2.00. The van der Waals surface area contributed by atoms with Crippen molar-refractivity contribution >= 4 is 16.8 Å². The third kappa shape index (κ3) is 3.21. The highest BCUT2D eigenvalue weighted by Gasteiger charge is 2.30. The van der Waals surface area contributed by atoms with E-state index in [0.29, 0.717) is 10.9 Å². The lowest BCUT2D eigenvalue weighted by molar-refractivity contribution is -0.136. The van der Waals surface area contributed by atoms with Crippen molar-refractivity contribution in [3.05, 3.63) is 40.9 Å². The fourth-order valence-electron chi connectivity index (χ4n) is 3.48. The first-order valence-electron chi connectivity index (χ1n) is 8.84. The van der Waals surface area contributed by atoms with Crippen molar-refractivity contribution in [2.75, 3.05) is 13.1 Å². The predicted octanol–water partition coefficient (Wildman–Crippen LogP) is 3.00. The summed E-state index contributed by atoms with van der Waals surface area (Å²) in [6.45, 7) is 5.56. The number of carbonyl (C=O) groups excluding carboxylic acids is 1. The van der Waals surface area contributed by atoms with Gasteiger partial charge in [0.2, 0.25) is 5.91 Å². The molecule has 5 nitrogen and oxygen atoms in total. The van der Waals surface area contributed by atoms with Crippen molar-refractivity contribution < 1.29 is 4.79 Å². The molecular formula is C19H25N3O2. The first-order valence-corrected chi connectivity index (χ1v) is 8.84. The number of fused-ring (bicyclic) bond motifs is 1. The molecule has 0 radical (unpaired) electrons. The third-order valence-electron chi connectivity index (χ3n) is 4.79. The van der Waals surface area contributed by atoms with Gasteiger partial charge in [-0.05, 0) is 30.9 Å². The Kier molecular flexibility index (Phi) is 4.97. The van der Waals surface area contributed by atoms with E-state index < -0.39 is 6.04 Å². The van der Waals surface area contributed by atoms with Gasteiger partial charge in [-0.2, -0.15) is 0 Å². The maximum Gasteiger partial charge on any atom is 0.261 e. The molecule has 1 aromatic heterocycles. The van der Waals surface area contributed by atoms with Crippen LogP contribution in [0.4, 0.5) is 0 Å². The topological polar surface area (TPSA) is 55.2 Å². The molecule has 0 unspecified atom stereocenters. The van der Waals surface area contributed by atoms with Gasteiger partial charge in [0, 0.05) is 13.1 Å². The molecule has 1 aliphatic heterocycles. The number of hydrogen-bond donors (Lipinski definition) is 0. The first kappa shape index (κ1) is 16.7. The summed E-state index contributed by atoms with van der Waals surface area (Å²) in [4.78, 5) is 32.3. The van der Waals surface area contributed by atoms with Crippen LogP contribution >= 0.6 is 0 Å².